The van der Waals surface area contributed by atoms with E-state index in [1.54, 1.807) is 0 Å². The molecule has 3 heteroatoms. The molecule has 1 aliphatic rings. The number of aryl methyl sites for hydroxylation is 1. The molecule has 2 atom stereocenters. The van der Waals surface area contributed by atoms with Gasteiger partial charge in [-0.3, -0.25) is 5.32 Å². The predicted octanol–water partition coefficient (Wildman–Crippen LogP) is 2.22. The third kappa shape index (κ3) is 2.08. The van der Waals surface area contributed by atoms with Crippen LogP contribution >= 0.6 is 11.6 Å². The molecule has 1 aliphatic heterocycles. The van der Waals surface area contributed by atoms with Crippen LogP contribution in [0.4, 0.5) is 0 Å². The Labute approximate surface area is 89.2 Å². The van der Waals surface area contributed by atoms with Crippen LogP contribution < -0.4 is 5.32 Å². The first kappa shape index (κ1) is 9.97. The summed E-state index contributed by atoms with van der Waals surface area (Å²) in [5, 5.41) is 3.29. The van der Waals surface area contributed by atoms with Crippen molar-refractivity contribution in [1.29, 1.82) is 0 Å². The average molecular weight is 212 g/mol. The van der Waals surface area contributed by atoms with E-state index >= 15 is 0 Å². The number of halogens is 1. The molecular weight excluding hydrogens is 198 g/mol. The number of hydrogen-bond acceptors (Lipinski definition) is 2. The summed E-state index contributed by atoms with van der Waals surface area (Å²) in [6.45, 7) is 2.91. The van der Waals surface area contributed by atoms with E-state index in [0.29, 0.717) is 5.88 Å². The number of alkyl halides is 1. The summed E-state index contributed by atoms with van der Waals surface area (Å²) in [7, 11) is 0. The molecule has 1 heterocycles. The van der Waals surface area contributed by atoms with Crippen LogP contribution in [0.15, 0.2) is 24.3 Å². The third-order valence-electron chi connectivity index (χ3n) is 2.41. The van der Waals surface area contributed by atoms with Gasteiger partial charge < -0.3 is 4.74 Å². The third-order valence-corrected chi connectivity index (χ3v) is 2.76. The van der Waals surface area contributed by atoms with Gasteiger partial charge in [0.25, 0.3) is 0 Å². The topological polar surface area (TPSA) is 21.3 Å². The van der Waals surface area contributed by atoms with E-state index < -0.39 is 0 Å². The fraction of sp³-hybridized carbons (Fsp3) is 0.455. The first-order valence-corrected chi connectivity index (χ1v) is 5.34. The molecule has 0 spiro atoms. The molecule has 0 aromatic heterocycles. The number of rotatable bonds is 2. The van der Waals surface area contributed by atoms with Crippen LogP contribution in [0, 0.1) is 6.92 Å². The molecule has 0 unspecified atom stereocenters. The Morgan fingerprint density at radius 2 is 2.14 bits per heavy atom. The molecule has 1 fully saturated rings. The molecule has 14 heavy (non-hydrogen) atoms. The summed E-state index contributed by atoms with van der Waals surface area (Å²) in [6, 6.07) is 8.36. The van der Waals surface area contributed by atoms with Crippen LogP contribution in [0.2, 0.25) is 0 Å². The van der Waals surface area contributed by atoms with Crippen LogP contribution in [-0.4, -0.2) is 18.5 Å². The highest BCUT2D eigenvalue weighted by molar-refractivity contribution is 6.18. The zero-order chi connectivity index (χ0) is 9.97. The highest BCUT2D eigenvalue weighted by Crippen LogP contribution is 2.21. The molecule has 76 valence electrons. The maximum atomic E-state index is 5.72. The summed E-state index contributed by atoms with van der Waals surface area (Å²) in [5.41, 5.74) is 2.43. The normalized spacial score (nSPS) is 26.7. The fourth-order valence-corrected chi connectivity index (χ4v) is 1.74. The average Bonchev–Trinajstić information content (AvgIpc) is 2.67. The van der Waals surface area contributed by atoms with Crippen LogP contribution in [0.1, 0.15) is 17.4 Å². The van der Waals surface area contributed by atoms with Crippen LogP contribution in [-0.2, 0) is 4.74 Å². The Bertz CT molecular complexity index is 299. The summed E-state index contributed by atoms with van der Waals surface area (Å²) in [5.74, 6) is 0.551. The Kier molecular flexibility index (Phi) is 3.06. The lowest BCUT2D eigenvalue weighted by molar-refractivity contribution is 0.0528. The fourth-order valence-electron chi connectivity index (χ4n) is 1.56. The van der Waals surface area contributed by atoms with Gasteiger partial charge in [-0.2, -0.15) is 0 Å². The predicted molar refractivity (Wildman–Crippen MR) is 57.5 cm³/mol. The minimum atomic E-state index is 0.0133. The van der Waals surface area contributed by atoms with Gasteiger partial charge in [0.1, 0.15) is 6.23 Å². The van der Waals surface area contributed by atoms with Crippen molar-refractivity contribution in [3.05, 3.63) is 35.4 Å². The summed E-state index contributed by atoms with van der Waals surface area (Å²) >= 11 is 5.72. The molecule has 0 bridgehead atoms. The molecule has 2 nitrogen and oxygen atoms in total. The minimum Gasteiger partial charge on any atom is -0.353 e. The summed E-state index contributed by atoms with van der Waals surface area (Å²) < 4.78 is 5.69. The standard InChI is InChI=1S/C11H14ClNO/c1-8-2-4-9(5-3-8)11-13-7-10(6-12)14-11/h2-5,10-11,13H,6-7H2,1H3/t10-,11+/m1/s1. The molecule has 2 rings (SSSR count). The molecule has 1 aromatic rings. The van der Waals surface area contributed by atoms with E-state index in [1.165, 1.54) is 11.1 Å². The SMILES string of the molecule is Cc1ccc([C@H]2NC[C@@H](CCl)O2)cc1. The van der Waals surface area contributed by atoms with E-state index in [-0.39, 0.29) is 12.3 Å². The van der Waals surface area contributed by atoms with Crippen molar-refractivity contribution in [1.82, 2.24) is 5.32 Å². The maximum absolute atomic E-state index is 5.72. The highest BCUT2D eigenvalue weighted by Gasteiger charge is 2.24. The number of ether oxygens (including phenoxy) is 1. The zero-order valence-electron chi connectivity index (χ0n) is 8.16. The van der Waals surface area contributed by atoms with Crippen molar-refractivity contribution in [2.75, 3.05) is 12.4 Å². The second kappa shape index (κ2) is 4.30. The van der Waals surface area contributed by atoms with Gasteiger partial charge in [-0.15, -0.1) is 11.6 Å². The van der Waals surface area contributed by atoms with Crippen LogP contribution in [0.3, 0.4) is 0 Å². The van der Waals surface area contributed by atoms with E-state index in [2.05, 4.69) is 36.5 Å². The van der Waals surface area contributed by atoms with Gasteiger partial charge >= 0.3 is 0 Å². The van der Waals surface area contributed by atoms with Gasteiger partial charge in [0, 0.05) is 12.4 Å². The van der Waals surface area contributed by atoms with Crippen molar-refractivity contribution in [3.8, 4) is 0 Å². The molecular formula is C11H14ClNO. The quantitative estimate of drug-likeness (QED) is 0.758. The lowest BCUT2D eigenvalue weighted by Crippen LogP contribution is -2.15. The van der Waals surface area contributed by atoms with Gasteiger partial charge in [0.05, 0.1) is 6.10 Å². The Morgan fingerprint density at radius 1 is 1.43 bits per heavy atom. The van der Waals surface area contributed by atoms with Gasteiger partial charge in [0.2, 0.25) is 0 Å². The first-order valence-electron chi connectivity index (χ1n) is 4.81. The number of hydrogen-bond donors (Lipinski definition) is 1. The van der Waals surface area contributed by atoms with Crippen LogP contribution in [0.5, 0.6) is 0 Å². The molecule has 0 aliphatic carbocycles. The smallest absolute Gasteiger partial charge is 0.134 e. The first-order chi connectivity index (χ1) is 6.79. The Morgan fingerprint density at radius 3 is 2.71 bits per heavy atom. The lowest BCUT2D eigenvalue weighted by atomic mass is 10.1. The molecule has 1 aromatic carbocycles. The molecule has 1 saturated heterocycles. The van der Waals surface area contributed by atoms with E-state index in [9.17, 15) is 0 Å². The van der Waals surface area contributed by atoms with Crippen molar-refractivity contribution >= 4 is 11.6 Å². The Hall–Kier alpha value is -0.570. The lowest BCUT2D eigenvalue weighted by Gasteiger charge is -2.11. The van der Waals surface area contributed by atoms with E-state index in [0.717, 1.165) is 6.54 Å². The van der Waals surface area contributed by atoms with Crippen LogP contribution in [0.25, 0.3) is 0 Å². The van der Waals surface area contributed by atoms with Gasteiger partial charge in [0.15, 0.2) is 0 Å². The summed E-state index contributed by atoms with van der Waals surface area (Å²) in [6.07, 6.45) is 0.155. The van der Waals surface area contributed by atoms with E-state index in [4.69, 9.17) is 16.3 Å². The van der Waals surface area contributed by atoms with Crippen molar-refractivity contribution in [3.63, 3.8) is 0 Å². The highest BCUT2D eigenvalue weighted by atomic mass is 35.5. The molecule has 1 N–H and O–H groups in total. The molecule has 0 amide bonds. The monoisotopic (exact) mass is 211 g/mol. The largest absolute Gasteiger partial charge is 0.353 e. The second-order valence-corrected chi connectivity index (χ2v) is 3.92. The second-order valence-electron chi connectivity index (χ2n) is 3.61. The van der Waals surface area contributed by atoms with Crippen molar-refractivity contribution in [2.24, 2.45) is 0 Å². The molecule has 0 saturated carbocycles. The summed E-state index contributed by atoms with van der Waals surface area (Å²) in [4.78, 5) is 0. The van der Waals surface area contributed by atoms with Gasteiger partial charge in [-0.1, -0.05) is 29.8 Å². The minimum absolute atomic E-state index is 0.0133. The Balaban J connectivity index is 2.06. The van der Waals surface area contributed by atoms with Gasteiger partial charge in [-0.05, 0) is 12.5 Å². The molecule has 0 radical (unpaired) electrons. The van der Waals surface area contributed by atoms with Crippen molar-refractivity contribution in [2.45, 2.75) is 19.3 Å². The zero-order valence-corrected chi connectivity index (χ0v) is 8.92. The number of nitrogens with one attached hydrogen (secondary N) is 1. The maximum Gasteiger partial charge on any atom is 0.134 e. The van der Waals surface area contributed by atoms with Crippen molar-refractivity contribution < 1.29 is 4.74 Å². The van der Waals surface area contributed by atoms with E-state index in [1.807, 2.05) is 0 Å². The van der Waals surface area contributed by atoms with Gasteiger partial charge in [-0.25, -0.2) is 0 Å². The number of benzene rings is 1.